The van der Waals surface area contributed by atoms with Gasteiger partial charge < -0.3 is 9.47 Å². The lowest BCUT2D eigenvalue weighted by Crippen LogP contribution is -2.60. The van der Waals surface area contributed by atoms with E-state index in [9.17, 15) is 4.79 Å². The van der Waals surface area contributed by atoms with Gasteiger partial charge in [-0.1, -0.05) is 30.3 Å². The molecule has 2 aromatic carbocycles. The topological polar surface area (TPSA) is 38.8 Å². The summed E-state index contributed by atoms with van der Waals surface area (Å²) in [4.78, 5) is 14.0. The third kappa shape index (κ3) is 1.65. The van der Waals surface area contributed by atoms with Crippen molar-refractivity contribution in [1.82, 2.24) is 4.90 Å². The average Bonchev–Trinajstić information content (AvgIpc) is 2.53. The minimum Gasteiger partial charge on any atom is -0.431 e. The Morgan fingerprint density at radius 1 is 0.952 bits per heavy atom. The minimum atomic E-state index is -1.22. The Labute approximate surface area is 122 Å². The summed E-state index contributed by atoms with van der Waals surface area (Å²) in [5.74, 6) is -0.121. The van der Waals surface area contributed by atoms with Gasteiger partial charge in [0.05, 0.1) is 5.56 Å². The first-order valence-corrected chi connectivity index (χ1v) is 6.73. The van der Waals surface area contributed by atoms with Gasteiger partial charge in [-0.05, 0) is 24.3 Å². The molecule has 104 valence electrons. The molecule has 2 heterocycles. The number of rotatable bonds is 0. The van der Waals surface area contributed by atoms with Crippen molar-refractivity contribution in [3.63, 3.8) is 0 Å². The molecule has 0 aromatic heterocycles. The van der Waals surface area contributed by atoms with Crippen LogP contribution in [-0.2, 0) is 0 Å². The lowest BCUT2D eigenvalue weighted by atomic mass is 10.1. The Morgan fingerprint density at radius 3 is 2.48 bits per heavy atom. The van der Waals surface area contributed by atoms with E-state index in [1.165, 1.54) is 4.90 Å². The fourth-order valence-electron chi connectivity index (χ4n) is 2.61. The van der Waals surface area contributed by atoms with Crippen LogP contribution in [0.25, 0.3) is 6.08 Å². The van der Waals surface area contributed by atoms with Crippen LogP contribution in [0, 0.1) is 0 Å². The molecule has 2 aliphatic heterocycles. The number of likely N-dealkylation sites (N-methyl/N-ethyl adjacent to an activating group) is 1. The SMILES string of the molecule is CN1C(=O)c2ccccc2O[C@@]12C=Cc1ccccc1O2. The zero-order valence-electron chi connectivity index (χ0n) is 11.4. The maximum atomic E-state index is 12.5. The van der Waals surface area contributed by atoms with Crippen LogP contribution in [0.3, 0.4) is 0 Å². The maximum absolute atomic E-state index is 12.5. The van der Waals surface area contributed by atoms with E-state index in [1.54, 1.807) is 25.3 Å². The van der Waals surface area contributed by atoms with Gasteiger partial charge in [0, 0.05) is 18.7 Å². The second-order valence-electron chi connectivity index (χ2n) is 5.07. The molecule has 1 amide bonds. The first kappa shape index (κ1) is 12.0. The van der Waals surface area contributed by atoms with E-state index in [2.05, 4.69) is 0 Å². The largest absolute Gasteiger partial charge is 0.431 e. The zero-order chi connectivity index (χ0) is 14.4. The highest BCUT2D eigenvalue weighted by Gasteiger charge is 2.47. The van der Waals surface area contributed by atoms with Crippen molar-refractivity contribution >= 4 is 12.0 Å². The Balaban J connectivity index is 1.83. The highest BCUT2D eigenvalue weighted by molar-refractivity contribution is 5.98. The van der Waals surface area contributed by atoms with E-state index in [1.807, 2.05) is 42.5 Å². The predicted octanol–water partition coefficient (Wildman–Crippen LogP) is 2.91. The number of para-hydroxylation sites is 2. The van der Waals surface area contributed by atoms with Crippen LogP contribution >= 0.6 is 0 Å². The van der Waals surface area contributed by atoms with E-state index in [0.717, 1.165) is 5.56 Å². The quantitative estimate of drug-likeness (QED) is 0.744. The van der Waals surface area contributed by atoms with Crippen LogP contribution in [-0.4, -0.2) is 23.8 Å². The molecule has 2 aromatic rings. The molecule has 4 rings (SSSR count). The smallest absolute Gasteiger partial charge is 0.362 e. The van der Waals surface area contributed by atoms with Crippen LogP contribution in [0.2, 0.25) is 0 Å². The lowest BCUT2D eigenvalue weighted by Gasteiger charge is -2.43. The van der Waals surface area contributed by atoms with Gasteiger partial charge in [-0.3, -0.25) is 9.69 Å². The summed E-state index contributed by atoms with van der Waals surface area (Å²) in [6.07, 6.45) is 3.68. The van der Waals surface area contributed by atoms with Gasteiger partial charge in [0.25, 0.3) is 5.91 Å². The maximum Gasteiger partial charge on any atom is 0.362 e. The number of benzene rings is 2. The second-order valence-corrected chi connectivity index (χ2v) is 5.07. The molecule has 21 heavy (non-hydrogen) atoms. The molecule has 1 atom stereocenters. The second kappa shape index (κ2) is 4.12. The number of nitrogens with zero attached hydrogens (tertiary/aromatic N) is 1. The highest BCUT2D eigenvalue weighted by atomic mass is 16.7. The summed E-state index contributed by atoms with van der Waals surface area (Å²) in [6.45, 7) is 0. The number of ether oxygens (including phenoxy) is 2. The Kier molecular flexibility index (Phi) is 2.36. The van der Waals surface area contributed by atoms with Crippen molar-refractivity contribution in [1.29, 1.82) is 0 Å². The van der Waals surface area contributed by atoms with E-state index in [-0.39, 0.29) is 5.91 Å². The molecule has 2 aliphatic rings. The molecule has 0 radical (unpaired) electrons. The van der Waals surface area contributed by atoms with Gasteiger partial charge in [-0.2, -0.15) is 0 Å². The Hall–Kier alpha value is -2.75. The summed E-state index contributed by atoms with van der Waals surface area (Å²) < 4.78 is 12.0. The van der Waals surface area contributed by atoms with Crippen molar-refractivity contribution < 1.29 is 14.3 Å². The summed E-state index contributed by atoms with van der Waals surface area (Å²) in [5, 5.41) is 0. The summed E-state index contributed by atoms with van der Waals surface area (Å²) in [6, 6.07) is 14.8. The van der Waals surface area contributed by atoms with Gasteiger partial charge in [0.1, 0.15) is 11.5 Å². The normalized spacial score (nSPS) is 22.3. The van der Waals surface area contributed by atoms with Gasteiger partial charge in [-0.15, -0.1) is 0 Å². The van der Waals surface area contributed by atoms with Gasteiger partial charge in [-0.25, -0.2) is 0 Å². The van der Waals surface area contributed by atoms with Crippen molar-refractivity contribution in [3.05, 3.63) is 65.7 Å². The molecule has 0 aliphatic carbocycles. The van der Waals surface area contributed by atoms with Crippen LogP contribution in [0.15, 0.2) is 54.6 Å². The molecule has 0 N–H and O–H groups in total. The monoisotopic (exact) mass is 279 g/mol. The fraction of sp³-hybridized carbons (Fsp3) is 0.118. The molecule has 4 heteroatoms. The molecular formula is C17H13NO3. The van der Waals surface area contributed by atoms with E-state index < -0.39 is 5.91 Å². The van der Waals surface area contributed by atoms with Crippen LogP contribution in [0.1, 0.15) is 15.9 Å². The molecule has 0 saturated carbocycles. The van der Waals surface area contributed by atoms with E-state index >= 15 is 0 Å². The Bertz CT molecular complexity index is 768. The number of carbonyl (C=O) groups excluding carboxylic acids is 1. The van der Waals surface area contributed by atoms with Crippen LogP contribution < -0.4 is 9.47 Å². The van der Waals surface area contributed by atoms with Crippen molar-refractivity contribution in [2.24, 2.45) is 0 Å². The fourth-order valence-corrected chi connectivity index (χ4v) is 2.61. The number of hydrogen-bond donors (Lipinski definition) is 0. The highest BCUT2D eigenvalue weighted by Crippen LogP contribution is 2.39. The van der Waals surface area contributed by atoms with Crippen molar-refractivity contribution in [2.45, 2.75) is 5.91 Å². The summed E-state index contributed by atoms with van der Waals surface area (Å²) in [5.41, 5.74) is 1.51. The minimum absolute atomic E-state index is 0.124. The third-order valence-electron chi connectivity index (χ3n) is 3.79. The lowest BCUT2D eigenvalue weighted by molar-refractivity contribution is -0.166. The first-order chi connectivity index (χ1) is 10.2. The number of amides is 1. The van der Waals surface area contributed by atoms with Gasteiger partial charge in [0.15, 0.2) is 0 Å². The standard InChI is InChI=1S/C17H13NO3/c1-18-16(19)13-7-3-5-9-15(13)21-17(18)11-10-12-6-2-4-8-14(12)20-17/h2-11H,1H3/t17-/m0/s1. The number of hydrogen-bond acceptors (Lipinski definition) is 3. The van der Waals surface area contributed by atoms with E-state index in [4.69, 9.17) is 9.47 Å². The molecule has 0 saturated heterocycles. The molecule has 0 unspecified atom stereocenters. The predicted molar refractivity (Wildman–Crippen MR) is 78.0 cm³/mol. The van der Waals surface area contributed by atoms with Crippen LogP contribution in [0.4, 0.5) is 0 Å². The van der Waals surface area contributed by atoms with E-state index in [0.29, 0.717) is 17.1 Å². The third-order valence-corrected chi connectivity index (χ3v) is 3.79. The molecular weight excluding hydrogens is 266 g/mol. The average molecular weight is 279 g/mol. The van der Waals surface area contributed by atoms with Gasteiger partial charge in [0.2, 0.25) is 0 Å². The number of fused-ring (bicyclic) bond motifs is 2. The molecule has 0 fully saturated rings. The first-order valence-electron chi connectivity index (χ1n) is 6.73. The Morgan fingerprint density at radius 2 is 1.62 bits per heavy atom. The van der Waals surface area contributed by atoms with Gasteiger partial charge >= 0.3 is 5.91 Å². The molecule has 4 nitrogen and oxygen atoms in total. The van der Waals surface area contributed by atoms with Crippen molar-refractivity contribution in [2.75, 3.05) is 7.05 Å². The van der Waals surface area contributed by atoms with Crippen molar-refractivity contribution in [3.8, 4) is 11.5 Å². The summed E-state index contributed by atoms with van der Waals surface area (Å²) >= 11 is 0. The molecule has 1 spiro atoms. The molecule has 0 bridgehead atoms. The zero-order valence-corrected chi connectivity index (χ0v) is 11.4. The summed E-state index contributed by atoms with van der Waals surface area (Å²) in [7, 11) is 1.68. The number of carbonyl (C=O) groups is 1. The van der Waals surface area contributed by atoms with Crippen LogP contribution in [0.5, 0.6) is 11.5 Å².